The number of halogens is 2. The number of anilines is 1. The van der Waals surface area contributed by atoms with Crippen molar-refractivity contribution in [2.24, 2.45) is 0 Å². The van der Waals surface area contributed by atoms with E-state index in [1.807, 2.05) is 12.1 Å². The molecule has 27 heavy (non-hydrogen) atoms. The number of aliphatic hydroxyl groups excluding tert-OH is 1. The van der Waals surface area contributed by atoms with Crippen LogP contribution in [-0.4, -0.2) is 32.8 Å². The third-order valence-electron chi connectivity index (χ3n) is 4.38. The van der Waals surface area contributed by atoms with Gasteiger partial charge >= 0.3 is 0 Å². The molecule has 0 radical (unpaired) electrons. The fraction of sp³-hybridized carbons (Fsp3) is 0.158. The van der Waals surface area contributed by atoms with Gasteiger partial charge in [0.15, 0.2) is 0 Å². The van der Waals surface area contributed by atoms with Crippen molar-refractivity contribution in [3.05, 3.63) is 64.6 Å². The van der Waals surface area contributed by atoms with Gasteiger partial charge in [0.25, 0.3) is 10.0 Å². The Morgan fingerprint density at radius 3 is 2.56 bits per heavy atom. The third kappa shape index (κ3) is 3.23. The van der Waals surface area contributed by atoms with Crippen LogP contribution in [-0.2, 0) is 10.0 Å². The lowest BCUT2D eigenvalue weighted by Crippen LogP contribution is -2.37. The lowest BCUT2D eigenvalue weighted by atomic mass is 10.1. The van der Waals surface area contributed by atoms with Crippen LogP contribution in [0.25, 0.3) is 10.8 Å². The van der Waals surface area contributed by atoms with Gasteiger partial charge in [0.05, 0.1) is 22.2 Å². The molecule has 0 aromatic heterocycles. The standard InChI is InChI=1S/C19H15Cl2NO4S/c20-13-7-8-17(15(21)9-13)26-11-14(23)10-22-16-5-1-3-12-4-2-6-18(19(12)16)27(22,24)25/h1-9,14,23H,10-11H2/t14-/m1/s1. The van der Waals surface area contributed by atoms with Crippen molar-refractivity contribution in [1.29, 1.82) is 0 Å². The van der Waals surface area contributed by atoms with E-state index in [0.29, 0.717) is 26.9 Å². The molecule has 4 rings (SSSR count). The van der Waals surface area contributed by atoms with Crippen molar-refractivity contribution < 1.29 is 18.3 Å². The Hall–Kier alpha value is -1.99. The fourth-order valence-electron chi connectivity index (χ4n) is 3.18. The lowest BCUT2D eigenvalue weighted by Gasteiger charge is -2.22. The minimum atomic E-state index is -3.72. The van der Waals surface area contributed by atoms with E-state index in [9.17, 15) is 13.5 Å². The molecule has 1 aliphatic heterocycles. The Labute approximate surface area is 166 Å². The zero-order chi connectivity index (χ0) is 19.2. The number of ether oxygens (including phenoxy) is 1. The molecule has 5 nitrogen and oxygen atoms in total. The number of sulfonamides is 1. The molecule has 1 atom stereocenters. The molecule has 0 unspecified atom stereocenters. The second-order valence-electron chi connectivity index (χ2n) is 6.21. The maximum absolute atomic E-state index is 12.9. The van der Waals surface area contributed by atoms with E-state index in [1.165, 1.54) is 10.4 Å². The summed E-state index contributed by atoms with van der Waals surface area (Å²) >= 11 is 11.9. The Balaban J connectivity index is 1.55. The summed E-state index contributed by atoms with van der Waals surface area (Å²) < 4.78 is 32.6. The van der Waals surface area contributed by atoms with Crippen LogP contribution in [0.1, 0.15) is 0 Å². The van der Waals surface area contributed by atoms with Gasteiger partial charge in [-0.25, -0.2) is 8.42 Å². The molecule has 140 valence electrons. The lowest BCUT2D eigenvalue weighted by molar-refractivity contribution is 0.115. The summed E-state index contributed by atoms with van der Waals surface area (Å²) in [5, 5.41) is 12.7. The second kappa shape index (κ2) is 6.87. The van der Waals surface area contributed by atoms with Gasteiger partial charge in [-0.15, -0.1) is 0 Å². The maximum atomic E-state index is 12.9. The van der Waals surface area contributed by atoms with E-state index in [4.69, 9.17) is 27.9 Å². The van der Waals surface area contributed by atoms with E-state index in [0.717, 1.165) is 5.39 Å². The molecule has 8 heteroatoms. The van der Waals surface area contributed by atoms with Gasteiger partial charge < -0.3 is 9.84 Å². The summed E-state index contributed by atoms with van der Waals surface area (Å²) in [6.45, 7) is -0.235. The second-order valence-corrected chi connectivity index (χ2v) is 8.88. The highest BCUT2D eigenvalue weighted by Crippen LogP contribution is 2.42. The Morgan fingerprint density at radius 1 is 1.07 bits per heavy atom. The average Bonchev–Trinajstić information content (AvgIpc) is 2.84. The summed E-state index contributed by atoms with van der Waals surface area (Å²) in [5.74, 6) is 0.370. The van der Waals surface area contributed by atoms with Crippen LogP contribution in [0.4, 0.5) is 5.69 Å². The van der Waals surface area contributed by atoms with Crippen molar-refractivity contribution in [2.45, 2.75) is 11.0 Å². The first-order valence-corrected chi connectivity index (χ1v) is 10.4. The molecule has 0 bridgehead atoms. The molecule has 0 fully saturated rings. The molecular formula is C19H15Cl2NO4S. The van der Waals surface area contributed by atoms with Gasteiger partial charge in [0.2, 0.25) is 0 Å². The highest BCUT2D eigenvalue weighted by atomic mass is 35.5. The van der Waals surface area contributed by atoms with Gasteiger partial charge in [-0.3, -0.25) is 4.31 Å². The van der Waals surface area contributed by atoms with E-state index < -0.39 is 16.1 Å². The van der Waals surface area contributed by atoms with Gasteiger partial charge in [0.1, 0.15) is 18.5 Å². The summed E-state index contributed by atoms with van der Waals surface area (Å²) in [6.07, 6.45) is -1.05. The molecule has 0 amide bonds. The number of hydrogen-bond donors (Lipinski definition) is 1. The monoisotopic (exact) mass is 423 g/mol. The number of β-amino-alcohol motifs (C(OH)–C–C–N with tert-alkyl or cyclic N) is 1. The molecular weight excluding hydrogens is 409 g/mol. The minimum Gasteiger partial charge on any atom is -0.489 e. The molecule has 0 saturated carbocycles. The Morgan fingerprint density at radius 2 is 1.81 bits per heavy atom. The zero-order valence-electron chi connectivity index (χ0n) is 14.0. The first-order valence-electron chi connectivity index (χ1n) is 8.18. The summed E-state index contributed by atoms with van der Waals surface area (Å²) in [5.41, 5.74) is 0.562. The average molecular weight is 424 g/mol. The summed E-state index contributed by atoms with van der Waals surface area (Å²) in [6, 6.07) is 15.3. The van der Waals surface area contributed by atoms with Crippen molar-refractivity contribution in [2.75, 3.05) is 17.5 Å². The van der Waals surface area contributed by atoms with Crippen LogP contribution >= 0.6 is 23.2 Å². The number of benzene rings is 3. The highest BCUT2D eigenvalue weighted by molar-refractivity contribution is 7.93. The molecule has 0 aliphatic carbocycles. The quantitative estimate of drug-likeness (QED) is 0.670. The molecule has 1 heterocycles. The largest absolute Gasteiger partial charge is 0.489 e. The number of aliphatic hydroxyl groups is 1. The smallest absolute Gasteiger partial charge is 0.265 e. The van der Waals surface area contributed by atoms with Crippen molar-refractivity contribution >= 4 is 49.7 Å². The number of rotatable bonds is 5. The van der Waals surface area contributed by atoms with E-state index >= 15 is 0 Å². The molecule has 1 aliphatic rings. The topological polar surface area (TPSA) is 66.8 Å². The van der Waals surface area contributed by atoms with Crippen molar-refractivity contribution in [1.82, 2.24) is 0 Å². The fourth-order valence-corrected chi connectivity index (χ4v) is 5.39. The highest BCUT2D eigenvalue weighted by Gasteiger charge is 2.36. The van der Waals surface area contributed by atoms with E-state index in [-0.39, 0.29) is 18.0 Å². The van der Waals surface area contributed by atoms with Crippen molar-refractivity contribution in [3.63, 3.8) is 0 Å². The maximum Gasteiger partial charge on any atom is 0.265 e. The summed E-state index contributed by atoms with van der Waals surface area (Å²) in [7, 11) is -3.72. The third-order valence-corrected chi connectivity index (χ3v) is 6.74. The SMILES string of the molecule is O=S1(=O)c2cccc3cccc(c23)N1C[C@@H](O)COc1ccc(Cl)cc1Cl. The van der Waals surface area contributed by atoms with Gasteiger partial charge in [-0.05, 0) is 35.7 Å². The van der Waals surface area contributed by atoms with Gasteiger partial charge in [0, 0.05) is 10.4 Å². The summed E-state index contributed by atoms with van der Waals surface area (Å²) in [4.78, 5) is 0.254. The molecule has 3 aromatic carbocycles. The van der Waals surface area contributed by atoms with E-state index in [1.54, 1.807) is 36.4 Å². The Bertz CT molecular complexity index is 1130. The van der Waals surface area contributed by atoms with Gasteiger partial charge in [-0.1, -0.05) is 47.5 Å². The molecule has 3 aromatic rings. The number of hydrogen-bond acceptors (Lipinski definition) is 4. The first kappa shape index (κ1) is 18.4. The van der Waals surface area contributed by atoms with Crippen LogP contribution in [0.5, 0.6) is 5.75 Å². The van der Waals surface area contributed by atoms with Crippen LogP contribution < -0.4 is 9.04 Å². The molecule has 0 spiro atoms. The van der Waals surface area contributed by atoms with Crippen LogP contribution in [0.3, 0.4) is 0 Å². The van der Waals surface area contributed by atoms with Crippen LogP contribution in [0.2, 0.25) is 10.0 Å². The minimum absolute atomic E-state index is 0.111. The normalized spacial score (nSPS) is 15.9. The van der Waals surface area contributed by atoms with E-state index in [2.05, 4.69) is 0 Å². The zero-order valence-corrected chi connectivity index (χ0v) is 16.3. The first-order chi connectivity index (χ1) is 12.9. The predicted molar refractivity (Wildman–Crippen MR) is 106 cm³/mol. The Kier molecular flexibility index (Phi) is 4.68. The van der Waals surface area contributed by atoms with Crippen LogP contribution in [0.15, 0.2) is 59.5 Å². The van der Waals surface area contributed by atoms with Crippen LogP contribution in [0, 0.1) is 0 Å². The molecule has 1 N–H and O–H groups in total. The van der Waals surface area contributed by atoms with Crippen molar-refractivity contribution in [3.8, 4) is 5.75 Å². The predicted octanol–water partition coefficient (Wildman–Crippen LogP) is 4.10. The molecule has 0 saturated heterocycles. The van der Waals surface area contributed by atoms with Gasteiger partial charge in [-0.2, -0.15) is 0 Å². The number of nitrogens with zero attached hydrogens (tertiary/aromatic N) is 1.